The summed E-state index contributed by atoms with van der Waals surface area (Å²) in [5.74, 6) is 1.53. The van der Waals surface area contributed by atoms with Crippen LogP contribution >= 0.6 is 0 Å². The predicted molar refractivity (Wildman–Crippen MR) is 74.1 cm³/mol. The van der Waals surface area contributed by atoms with Crippen molar-refractivity contribution in [3.63, 3.8) is 0 Å². The Kier molecular flexibility index (Phi) is 3.38. The molecule has 5 heteroatoms. The molecule has 2 aliphatic heterocycles. The number of ether oxygens (including phenoxy) is 3. The van der Waals surface area contributed by atoms with Gasteiger partial charge in [0.05, 0.1) is 30.6 Å². The second-order valence-electron chi connectivity index (χ2n) is 4.89. The van der Waals surface area contributed by atoms with Gasteiger partial charge in [-0.25, -0.2) is 0 Å². The first kappa shape index (κ1) is 12.4. The van der Waals surface area contributed by atoms with Crippen LogP contribution in [0.2, 0.25) is 0 Å². The summed E-state index contributed by atoms with van der Waals surface area (Å²) < 4.78 is 16.7. The lowest BCUT2D eigenvalue weighted by molar-refractivity contribution is 0.0930. The van der Waals surface area contributed by atoms with E-state index in [1.54, 1.807) is 0 Å². The van der Waals surface area contributed by atoms with Crippen molar-refractivity contribution >= 4 is 11.4 Å². The largest absolute Gasteiger partial charge is 0.486 e. The first-order valence-corrected chi connectivity index (χ1v) is 6.83. The Morgan fingerprint density at radius 3 is 2.68 bits per heavy atom. The smallest absolute Gasteiger partial charge is 0.163 e. The van der Waals surface area contributed by atoms with E-state index >= 15 is 0 Å². The molecule has 2 aliphatic rings. The van der Waals surface area contributed by atoms with Gasteiger partial charge < -0.3 is 24.8 Å². The Hall–Kier alpha value is -1.62. The molecule has 19 heavy (non-hydrogen) atoms. The summed E-state index contributed by atoms with van der Waals surface area (Å²) in [7, 11) is 0. The van der Waals surface area contributed by atoms with Gasteiger partial charge >= 0.3 is 0 Å². The van der Waals surface area contributed by atoms with Crippen molar-refractivity contribution in [3.05, 3.63) is 12.1 Å². The van der Waals surface area contributed by atoms with Crippen LogP contribution in [-0.4, -0.2) is 39.0 Å². The van der Waals surface area contributed by atoms with Gasteiger partial charge in [-0.15, -0.1) is 0 Å². The summed E-state index contributed by atoms with van der Waals surface area (Å²) in [5.41, 5.74) is 7.94. The molecule has 1 aromatic carbocycles. The number of benzene rings is 1. The lowest BCUT2D eigenvalue weighted by atomic mass is 10.1. The Morgan fingerprint density at radius 2 is 1.95 bits per heavy atom. The van der Waals surface area contributed by atoms with E-state index in [2.05, 4.69) is 11.8 Å². The zero-order chi connectivity index (χ0) is 13.2. The maximum Gasteiger partial charge on any atom is 0.163 e. The Bertz CT molecular complexity index is 464. The van der Waals surface area contributed by atoms with Crippen molar-refractivity contribution in [1.29, 1.82) is 0 Å². The maximum absolute atomic E-state index is 6.17. The lowest BCUT2D eigenvalue weighted by Gasteiger charge is -2.38. The number of nitrogens with two attached hydrogens (primary N) is 1. The summed E-state index contributed by atoms with van der Waals surface area (Å²) in [5, 5.41) is 0. The van der Waals surface area contributed by atoms with E-state index < -0.39 is 0 Å². The van der Waals surface area contributed by atoms with Gasteiger partial charge in [-0.3, -0.25) is 0 Å². The third-order valence-corrected chi connectivity index (χ3v) is 3.70. The predicted octanol–water partition coefficient (Wildman–Crippen LogP) is 1.66. The minimum absolute atomic E-state index is 0.374. The molecule has 1 aromatic rings. The van der Waals surface area contributed by atoms with Crippen LogP contribution in [0.4, 0.5) is 11.4 Å². The third kappa shape index (κ3) is 2.30. The minimum atomic E-state index is 0.374. The Balaban J connectivity index is 1.94. The van der Waals surface area contributed by atoms with Crippen molar-refractivity contribution in [2.75, 3.05) is 43.6 Å². The number of hydrogen-bond donors (Lipinski definition) is 1. The quantitative estimate of drug-likeness (QED) is 0.823. The van der Waals surface area contributed by atoms with Gasteiger partial charge in [0, 0.05) is 18.7 Å². The molecular formula is C14H20N2O3. The molecule has 0 bridgehead atoms. The highest BCUT2D eigenvalue weighted by molar-refractivity contribution is 5.73. The number of fused-ring (bicyclic) bond motifs is 1. The van der Waals surface area contributed by atoms with Gasteiger partial charge in [-0.1, -0.05) is 6.92 Å². The van der Waals surface area contributed by atoms with Gasteiger partial charge in [0.15, 0.2) is 11.5 Å². The molecule has 0 radical (unpaired) electrons. The number of nitrogens with zero attached hydrogens (tertiary/aromatic N) is 1. The van der Waals surface area contributed by atoms with Crippen LogP contribution in [0.15, 0.2) is 12.1 Å². The third-order valence-electron chi connectivity index (χ3n) is 3.70. The second-order valence-corrected chi connectivity index (χ2v) is 4.89. The fraction of sp³-hybridized carbons (Fsp3) is 0.571. The van der Waals surface area contributed by atoms with E-state index in [1.165, 1.54) is 0 Å². The zero-order valence-corrected chi connectivity index (χ0v) is 11.2. The molecule has 1 fully saturated rings. The van der Waals surface area contributed by atoms with Crippen molar-refractivity contribution in [1.82, 2.24) is 0 Å². The maximum atomic E-state index is 6.17. The number of rotatable bonds is 2. The highest BCUT2D eigenvalue weighted by Crippen LogP contribution is 2.39. The topological polar surface area (TPSA) is 57.0 Å². The molecule has 0 saturated carbocycles. The fourth-order valence-electron chi connectivity index (χ4n) is 2.65. The number of anilines is 2. The molecule has 0 aromatic heterocycles. The van der Waals surface area contributed by atoms with Crippen LogP contribution < -0.4 is 20.1 Å². The van der Waals surface area contributed by atoms with Crippen LogP contribution in [0.1, 0.15) is 13.3 Å². The molecule has 0 aliphatic carbocycles. The van der Waals surface area contributed by atoms with E-state index in [-0.39, 0.29) is 0 Å². The van der Waals surface area contributed by atoms with Crippen LogP contribution in [-0.2, 0) is 4.74 Å². The van der Waals surface area contributed by atoms with Crippen LogP contribution in [0, 0.1) is 0 Å². The molecule has 0 amide bonds. The SMILES string of the molecule is CCC1COCCN1c1cc2c(cc1N)OCCO2. The normalized spacial score (nSPS) is 22.4. The summed E-state index contributed by atoms with van der Waals surface area (Å²) in [4.78, 5) is 2.32. The van der Waals surface area contributed by atoms with E-state index in [1.807, 2.05) is 12.1 Å². The summed E-state index contributed by atoms with van der Waals surface area (Å²) >= 11 is 0. The van der Waals surface area contributed by atoms with Gasteiger partial charge in [0.1, 0.15) is 13.2 Å². The summed E-state index contributed by atoms with van der Waals surface area (Å²) in [6.45, 7) is 5.70. The highest BCUT2D eigenvalue weighted by atomic mass is 16.6. The molecular weight excluding hydrogens is 244 g/mol. The molecule has 2 N–H and O–H groups in total. The van der Waals surface area contributed by atoms with Crippen molar-refractivity contribution in [3.8, 4) is 11.5 Å². The molecule has 0 spiro atoms. The average molecular weight is 264 g/mol. The molecule has 1 unspecified atom stereocenters. The van der Waals surface area contributed by atoms with Crippen molar-refractivity contribution < 1.29 is 14.2 Å². The molecule has 2 heterocycles. The van der Waals surface area contributed by atoms with Gasteiger partial charge in [-0.2, -0.15) is 0 Å². The highest BCUT2D eigenvalue weighted by Gasteiger charge is 2.25. The van der Waals surface area contributed by atoms with Crippen LogP contribution in [0.5, 0.6) is 11.5 Å². The van der Waals surface area contributed by atoms with Crippen LogP contribution in [0.3, 0.4) is 0 Å². The standard InChI is InChI=1S/C14H20N2O3/c1-2-10-9-17-4-3-16(10)12-8-14-13(7-11(12)15)18-5-6-19-14/h7-8,10H,2-6,9,15H2,1H3. The number of nitrogen functional groups attached to an aromatic ring is 1. The van der Waals surface area contributed by atoms with Crippen molar-refractivity contribution in [2.24, 2.45) is 0 Å². The first-order valence-electron chi connectivity index (χ1n) is 6.83. The molecule has 3 rings (SSSR count). The number of morpholine rings is 1. The molecule has 1 atom stereocenters. The van der Waals surface area contributed by atoms with Crippen molar-refractivity contribution in [2.45, 2.75) is 19.4 Å². The van der Waals surface area contributed by atoms with E-state index in [0.29, 0.717) is 19.3 Å². The lowest BCUT2D eigenvalue weighted by Crippen LogP contribution is -2.45. The van der Waals surface area contributed by atoms with Gasteiger partial charge in [0.2, 0.25) is 0 Å². The van der Waals surface area contributed by atoms with E-state index in [4.69, 9.17) is 19.9 Å². The Labute approximate surface area is 113 Å². The van der Waals surface area contributed by atoms with E-state index in [0.717, 1.165) is 49.1 Å². The fourth-order valence-corrected chi connectivity index (χ4v) is 2.65. The zero-order valence-electron chi connectivity index (χ0n) is 11.2. The molecule has 1 saturated heterocycles. The summed E-state index contributed by atoms with van der Waals surface area (Å²) in [6.07, 6.45) is 1.04. The monoisotopic (exact) mass is 264 g/mol. The molecule has 104 valence electrons. The minimum Gasteiger partial charge on any atom is -0.486 e. The first-order chi connectivity index (χ1) is 9.29. The van der Waals surface area contributed by atoms with Gasteiger partial charge in [-0.05, 0) is 6.42 Å². The second kappa shape index (κ2) is 5.17. The molecule has 5 nitrogen and oxygen atoms in total. The van der Waals surface area contributed by atoms with Crippen LogP contribution in [0.25, 0.3) is 0 Å². The summed E-state index contributed by atoms with van der Waals surface area (Å²) in [6, 6.07) is 4.24. The average Bonchev–Trinajstić information content (AvgIpc) is 2.46. The van der Waals surface area contributed by atoms with Gasteiger partial charge in [0.25, 0.3) is 0 Å². The Morgan fingerprint density at radius 1 is 1.21 bits per heavy atom. The number of hydrogen-bond acceptors (Lipinski definition) is 5. The van der Waals surface area contributed by atoms with E-state index in [9.17, 15) is 0 Å².